The molecular weight excluding hydrogens is 308 g/mol. The van der Waals surface area contributed by atoms with E-state index in [4.69, 9.17) is 4.74 Å². The first-order valence-corrected chi connectivity index (χ1v) is 9.96. The molecule has 0 N–H and O–H groups in total. The van der Waals surface area contributed by atoms with Crippen LogP contribution < -0.4 is 4.74 Å². The molecule has 0 saturated heterocycles. The van der Waals surface area contributed by atoms with Gasteiger partial charge in [0.2, 0.25) is 0 Å². The van der Waals surface area contributed by atoms with Crippen molar-refractivity contribution in [1.29, 1.82) is 0 Å². The van der Waals surface area contributed by atoms with Crippen LogP contribution in [0.15, 0.2) is 35.7 Å². The highest BCUT2D eigenvalue weighted by atomic mass is 32.2. The van der Waals surface area contributed by atoms with Crippen LogP contribution in [0.1, 0.15) is 46.1 Å². The average molecular weight is 336 g/mol. The van der Waals surface area contributed by atoms with Crippen molar-refractivity contribution in [2.75, 3.05) is 0 Å². The molecule has 1 aliphatic rings. The van der Waals surface area contributed by atoms with Crippen molar-refractivity contribution in [2.24, 2.45) is 11.8 Å². The Labute approximate surface area is 140 Å². The van der Waals surface area contributed by atoms with Gasteiger partial charge in [0.1, 0.15) is 11.9 Å². The minimum absolute atomic E-state index is 0.0884. The minimum atomic E-state index is -3.31. The molecular formula is C19H28O3S. The number of benzene rings is 1. The van der Waals surface area contributed by atoms with Crippen LogP contribution in [0.5, 0.6) is 5.75 Å². The lowest BCUT2D eigenvalue weighted by molar-refractivity contribution is 0.269. The third-order valence-corrected chi connectivity index (χ3v) is 7.16. The van der Waals surface area contributed by atoms with E-state index in [0.717, 1.165) is 12.0 Å². The fourth-order valence-corrected chi connectivity index (χ4v) is 4.40. The van der Waals surface area contributed by atoms with Gasteiger partial charge in [0.15, 0.2) is 9.84 Å². The molecule has 0 spiro atoms. The van der Waals surface area contributed by atoms with E-state index < -0.39 is 9.84 Å². The predicted molar refractivity (Wildman–Crippen MR) is 94.6 cm³/mol. The fraction of sp³-hybridized carbons (Fsp3) is 0.579. The second-order valence-corrected chi connectivity index (χ2v) is 9.24. The van der Waals surface area contributed by atoms with Crippen molar-refractivity contribution in [3.8, 4) is 5.75 Å². The van der Waals surface area contributed by atoms with Gasteiger partial charge in [-0.2, -0.15) is 0 Å². The molecule has 0 bridgehead atoms. The van der Waals surface area contributed by atoms with E-state index in [2.05, 4.69) is 6.58 Å². The molecule has 3 nitrogen and oxygen atoms in total. The van der Waals surface area contributed by atoms with Gasteiger partial charge in [-0.05, 0) is 68.7 Å². The van der Waals surface area contributed by atoms with E-state index in [9.17, 15) is 8.42 Å². The second kappa shape index (κ2) is 7.08. The summed E-state index contributed by atoms with van der Waals surface area (Å²) in [4.78, 5) is 0.476. The summed E-state index contributed by atoms with van der Waals surface area (Å²) in [6.45, 7) is 11.3. The van der Waals surface area contributed by atoms with E-state index >= 15 is 0 Å². The quantitative estimate of drug-likeness (QED) is 0.660. The summed E-state index contributed by atoms with van der Waals surface area (Å²) in [6.07, 6.45) is 4.83. The molecule has 2 rings (SSSR count). The second-order valence-electron chi connectivity index (χ2n) is 6.97. The summed E-state index contributed by atoms with van der Waals surface area (Å²) in [6, 6.07) is 5.38. The van der Waals surface area contributed by atoms with Crippen LogP contribution >= 0.6 is 0 Å². The summed E-state index contributed by atoms with van der Waals surface area (Å²) < 4.78 is 31.6. The number of hydrogen-bond donors (Lipinski definition) is 0. The Morgan fingerprint density at radius 3 is 2.43 bits per heavy atom. The van der Waals surface area contributed by atoms with Crippen LogP contribution in [0.3, 0.4) is 0 Å². The third-order valence-electron chi connectivity index (χ3n) is 4.63. The Kier molecular flexibility index (Phi) is 5.56. The Morgan fingerprint density at radius 1 is 1.26 bits per heavy atom. The normalized spacial score (nSPS) is 17.8. The SMILES string of the molecule is C=CC(C)Oc1ccc(S(=O)(=O)[C@H](C)C(C)C)c(CC2CC2)c1. The number of rotatable bonds is 8. The van der Waals surface area contributed by atoms with E-state index in [0.29, 0.717) is 16.6 Å². The summed E-state index contributed by atoms with van der Waals surface area (Å²) >= 11 is 0. The zero-order valence-corrected chi connectivity index (χ0v) is 15.4. The van der Waals surface area contributed by atoms with Gasteiger partial charge in [0.05, 0.1) is 10.1 Å². The van der Waals surface area contributed by atoms with Crippen LogP contribution in [0, 0.1) is 11.8 Å². The maximum atomic E-state index is 12.9. The molecule has 2 atom stereocenters. The van der Waals surface area contributed by atoms with Crippen molar-refractivity contribution in [3.63, 3.8) is 0 Å². The molecule has 1 unspecified atom stereocenters. The van der Waals surface area contributed by atoms with Gasteiger partial charge in [-0.15, -0.1) is 0 Å². The molecule has 0 aromatic heterocycles. The number of hydrogen-bond acceptors (Lipinski definition) is 3. The van der Waals surface area contributed by atoms with E-state index in [1.807, 2.05) is 26.8 Å². The van der Waals surface area contributed by atoms with Crippen molar-refractivity contribution >= 4 is 9.84 Å². The van der Waals surface area contributed by atoms with Gasteiger partial charge in [0, 0.05) is 0 Å². The summed E-state index contributed by atoms with van der Waals surface area (Å²) in [5, 5.41) is -0.390. The Balaban J connectivity index is 2.39. The van der Waals surface area contributed by atoms with E-state index in [1.165, 1.54) is 12.8 Å². The van der Waals surface area contributed by atoms with E-state index in [1.54, 1.807) is 25.1 Å². The highest BCUT2D eigenvalue weighted by Gasteiger charge is 2.31. The van der Waals surface area contributed by atoms with Gasteiger partial charge in [0.25, 0.3) is 0 Å². The van der Waals surface area contributed by atoms with Crippen LogP contribution in [0.2, 0.25) is 0 Å². The molecule has 0 heterocycles. The molecule has 1 fully saturated rings. The van der Waals surface area contributed by atoms with Crippen LogP contribution in [0.25, 0.3) is 0 Å². The molecule has 1 saturated carbocycles. The monoisotopic (exact) mass is 336 g/mol. The number of ether oxygens (including phenoxy) is 1. The van der Waals surface area contributed by atoms with Crippen molar-refractivity contribution in [2.45, 2.75) is 63.2 Å². The summed E-state index contributed by atoms with van der Waals surface area (Å²) in [5.41, 5.74) is 0.897. The van der Waals surface area contributed by atoms with Crippen LogP contribution in [0.4, 0.5) is 0 Å². The topological polar surface area (TPSA) is 43.4 Å². The largest absolute Gasteiger partial charge is 0.487 e. The van der Waals surface area contributed by atoms with Gasteiger partial charge >= 0.3 is 0 Å². The van der Waals surface area contributed by atoms with Crippen LogP contribution in [-0.4, -0.2) is 19.8 Å². The molecule has 1 aromatic carbocycles. The number of sulfone groups is 1. The molecule has 1 aliphatic carbocycles. The molecule has 0 aliphatic heterocycles. The lowest BCUT2D eigenvalue weighted by Gasteiger charge is -2.20. The maximum Gasteiger partial charge on any atom is 0.181 e. The standard InChI is InChI=1S/C19H28O3S/c1-6-14(4)22-18-9-10-19(17(12-18)11-16-7-8-16)23(20,21)15(5)13(2)3/h6,9-10,12-16H,1,7-8,11H2,2-5H3/t14?,15-/m1/s1. The average Bonchev–Trinajstić information content (AvgIpc) is 3.30. The van der Waals surface area contributed by atoms with Gasteiger partial charge < -0.3 is 4.74 Å². The van der Waals surface area contributed by atoms with Crippen molar-refractivity contribution < 1.29 is 13.2 Å². The molecule has 4 heteroatoms. The lowest BCUT2D eigenvalue weighted by atomic mass is 10.1. The van der Waals surface area contributed by atoms with Crippen molar-refractivity contribution in [3.05, 3.63) is 36.4 Å². The molecule has 1 aromatic rings. The first kappa shape index (κ1) is 18.1. The first-order valence-electron chi connectivity index (χ1n) is 8.41. The molecule has 128 valence electrons. The summed E-state index contributed by atoms with van der Waals surface area (Å²) in [5.74, 6) is 1.42. The van der Waals surface area contributed by atoms with Gasteiger partial charge in [-0.3, -0.25) is 0 Å². The molecule has 0 radical (unpaired) electrons. The zero-order chi connectivity index (χ0) is 17.2. The van der Waals surface area contributed by atoms with Crippen LogP contribution in [-0.2, 0) is 16.3 Å². The zero-order valence-electron chi connectivity index (χ0n) is 14.6. The highest BCUT2D eigenvalue weighted by Crippen LogP contribution is 2.37. The minimum Gasteiger partial charge on any atom is -0.487 e. The van der Waals surface area contributed by atoms with Crippen molar-refractivity contribution in [1.82, 2.24) is 0 Å². The fourth-order valence-electron chi connectivity index (χ4n) is 2.52. The van der Waals surface area contributed by atoms with Gasteiger partial charge in [-0.25, -0.2) is 8.42 Å². The van der Waals surface area contributed by atoms with Gasteiger partial charge in [-0.1, -0.05) is 26.5 Å². The van der Waals surface area contributed by atoms with E-state index in [-0.39, 0.29) is 17.3 Å². The first-order chi connectivity index (χ1) is 10.8. The Morgan fingerprint density at radius 2 is 1.91 bits per heavy atom. The molecule has 0 amide bonds. The highest BCUT2D eigenvalue weighted by molar-refractivity contribution is 7.92. The Bertz CT molecular complexity index is 657. The predicted octanol–water partition coefficient (Wildman–Crippen LogP) is 4.41. The third kappa shape index (κ3) is 4.37. The lowest BCUT2D eigenvalue weighted by Crippen LogP contribution is -2.24. The smallest absolute Gasteiger partial charge is 0.181 e. The Hall–Kier alpha value is -1.29. The molecule has 23 heavy (non-hydrogen) atoms. The maximum absolute atomic E-state index is 12.9. The summed E-state index contributed by atoms with van der Waals surface area (Å²) in [7, 11) is -3.31.